The molecule has 3 rings (SSSR count). The lowest BCUT2D eigenvalue weighted by molar-refractivity contribution is -0.124. The molecule has 1 amide bonds. The van der Waals surface area contributed by atoms with Gasteiger partial charge in [0.05, 0.1) is 5.41 Å². The largest absolute Gasteiger partial charge is 0.381 e. The van der Waals surface area contributed by atoms with Crippen LogP contribution in [0.3, 0.4) is 0 Å². The van der Waals surface area contributed by atoms with E-state index in [1.165, 1.54) is 6.07 Å². The van der Waals surface area contributed by atoms with Gasteiger partial charge in [-0.3, -0.25) is 4.79 Å². The van der Waals surface area contributed by atoms with Crippen molar-refractivity contribution in [2.45, 2.75) is 18.3 Å². The first-order chi connectivity index (χ1) is 8.13. The number of benzene rings is 1. The van der Waals surface area contributed by atoms with Crippen molar-refractivity contribution >= 4 is 27.5 Å². The van der Waals surface area contributed by atoms with Crippen LogP contribution in [0.1, 0.15) is 18.4 Å². The van der Waals surface area contributed by atoms with Crippen molar-refractivity contribution in [3.63, 3.8) is 0 Å². The molecule has 17 heavy (non-hydrogen) atoms. The van der Waals surface area contributed by atoms with Gasteiger partial charge in [0.2, 0.25) is 5.91 Å². The summed E-state index contributed by atoms with van der Waals surface area (Å²) in [5.74, 6) is -0.428. The number of carbonyl (C=O) groups excluding carboxylic acids is 1. The average molecular weight is 300 g/mol. The van der Waals surface area contributed by atoms with E-state index in [0.29, 0.717) is 41.8 Å². The van der Waals surface area contributed by atoms with Crippen LogP contribution in [0, 0.1) is 5.82 Å². The number of fused-ring (bicyclic) bond motifs is 2. The summed E-state index contributed by atoms with van der Waals surface area (Å²) >= 11 is 3.23. The molecule has 0 radical (unpaired) electrons. The molecule has 5 heteroatoms. The molecule has 1 N–H and O–H groups in total. The van der Waals surface area contributed by atoms with Crippen LogP contribution in [-0.2, 0) is 14.9 Å². The zero-order valence-electron chi connectivity index (χ0n) is 9.06. The van der Waals surface area contributed by atoms with Crippen molar-refractivity contribution in [2.75, 3.05) is 18.5 Å². The van der Waals surface area contributed by atoms with Gasteiger partial charge in [-0.15, -0.1) is 0 Å². The van der Waals surface area contributed by atoms with Crippen LogP contribution in [0.5, 0.6) is 0 Å². The first kappa shape index (κ1) is 11.2. The molecule has 0 aromatic heterocycles. The second kappa shape index (κ2) is 3.78. The SMILES string of the molecule is O=C1Nc2cc(Br)cc(F)c2C12CCOCC2. The highest BCUT2D eigenvalue weighted by Crippen LogP contribution is 2.46. The first-order valence-electron chi connectivity index (χ1n) is 5.52. The molecule has 2 heterocycles. The highest BCUT2D eigenvalue weighted by atomic mass is 79.9. The lowest BCUT2D eigenvalue weighted by atomic mass is 9.75. The topological polar surface area (TPSA) is 38.3 Å². The summed E-state index contributed by atoms with van der Waals surface area (Å²) in [6.45, 7) is 1.00. The van der Waals surface area contributed by atoms with Crippen LogP contribution in [0.15, 0.2) is 16.6 Å². The fourth-order valence-electron chi connectivity index (χ4n) is 2.71. The summed E-state index contributed by atoms with van der Waals surface area (Å²) in [6.07, 6.45) is 1.09. The number of carbonyl (C=O) groups is 1. The van der Waals surface area contributed by atoms with Gasteiger partial charge in [-0.05, 0) is 25.0 Å². The summed E-state index contributed by atoms with van der Waals surface area (Å²) in [6, 6.07) is 3.16. The Bertz CT molecular complexity index is 498. The second-order valence-electron chi connectivity index (χ2n) is 4.46. The van der Waals surface area contributed by atoms with Crippen LogP contribution in [0.25, 0.3) is 0 Å². The van der Waals surface area contributed by atoms with Gasteiger partial charge in [-0.25, -0.2) is 4.39 Å². The highest BCUT2D eigenvalue weighted by Gasteiger charge is 2.49. The van der Waals surface area contributed by atoms with Gasteiger partial charge in [0.15, 0.2) is 0 Å². The Balaban J connectivity index is 2.18. The Labute approximate surface area is 106 Å². The monoisotopic (exact) mass is 299 g/mol. The van der Waals surface area contributed by atoms with Gasteiger partial charge in [-0.2, -0.15) is 0 Å². The Morgan fingerprint density at radius 3 is 2.76 bits per heavy atom. The van der Waals surface area contributed by atoms with E-state index in [-0.39, 0.29) is 11.7 Å². The van der Waals surface area contributed by atoms with Crippen LogP contribution in [0.4, 0.5) is 10.1 Å². The zero-order valence-corrected chi connectivity index (χ0v) is 10.6. The fraction of sp³-hybridized carbons (Fsp3) is 0.417. The van der Waals surface area contributed by atoms with E-state index in [1.807, 2.05) is 0 Å². The van der Waals surface area contributed by atoms with Crippen LogP contribution >= 0.6 is 15.9 Å². The predicted molar refractivity (Wildman–Crippen MR) is 64.5 cm³/mol. The van der Waals surface area contributed by atoms with Gasteiger partial charge in [0.25, 0.3) is 0 Å². The molecule has 1 fully saturated rings. The second-order valence-corrected chi connectivity index (χ2v) is 5.37. The summed E-state index contributed by atoms with van der Waals surface area (Å²) in [4.78, 5) is 12.1. The number of hydrogen-bond acceptors (Lipinski definition) is 2. The fourth-order valence-corrected chi connectivity index (χ4v) is 3.14. The van der Waals surface area contributed by atoms with Crippen LogP contribution in [0.2, 0.25) is 0 Å². The molecule has 1 aromatic carbocycles. The summed E-state index contributed by atoms with van der Waals surface area (Å²) < 4.78 is 20.0. The molecule has 0 atom stereocenters. The standard InChI is InChI=1S/C12H11BrFNO2/c13-7-5-8(14)10-9(6-7)15-11(16)12(10)1-3-17-4-2-12/h5-6H,1-4H2,(H,15,16). The molecule has 90 valence electrons. The van der Waals surface area contributed by atoms with E-state index in [2.05, 4.69) is 21.2 Å². The van der Waals surface area contributed by atoms with E-state index < -0.39 is 5.41 Å². The minimum absolute atomic E-state index is 0.104. The maximum Gasteiger partial charge on any atom is 0.235 e. The van der Waals surface area contributed by atoms with Crippen LogP contribution in [-0.4, -0.2) is 19.1 Å². The number of halogens is 2. The Morgan fingerprint density at radius 2 is 2.06 bits per heavy atom. The number of ether oxygens (including phenoxy) is 1. The number of rotatable bonds is 0. The maximum atomic E-state index is 14.1. The van der Waals surface area contributed by atoms with Crippen molar-refractivity contribution < 1.29 is 13.9 Å². The molecule has 0 bridgehead atoms. The summed E-state index contributed by atoms with van der Waals surface area (Å²) in [7, 11) is 0. The van der Waals surface area contributed by atoms with Gasteiger partial charge in [-0.1, -0.05) is 15.9 Å². The quantitative estimate of drug-likeness (QED) is 0.800. The predicted octanol–water partition coefficient (Wildman–Crippen LogP) is 2.59. The molecule has 1 saturated heterocycles. The van der Waals surface area contributed by atoms with Crippen molar-refractivity contribution in [3.8, 4) is 0 Å². The van der Waals surface area contributed by atoms with E-state index in [1.54, 1.807) is 6.07 Å². The molecular formula is C12H11BrFNO2. The molecule has 3 nitrogen and oxygen atoms in total. The Morgan fingerprint density at radius 1 is 1.35 bits per heavy atom. The van der Waals surface area contributed by atoms with Crippen molar-refractivity contribution in [1.29, 1.82) is 0 Å². The third-order valence-electron chi connectivity index (χ3n) is 3.56. The molecular weight excluding hydrogens is 289 g/mol. The Hall–Kier alpha value is -0.940. The van der Waals surface area contributed by atoms with E-state index in [4.69, 9.17) is 4.74 Å². The average Bonchev–Trinajstić information content (AvgIpc) is 2.53. The lowest BCUT2D eigenvalue weighted by Crippen LogP contribution is -2.40. The smallest absolute Gasteiger partial charge is 0.235 e. The number of nitrogens with one attached hydrogen (secondary N) is 1. The molecule has 2 aliphatic rings. The van der Waals surface area contributed by atoms with Crippen molar-refractivity contribution in [1.82, 2.24) is 0 Å². The molecule has 0 saturated carbocycles. The number of anilines is 1. The molecule has 0 aliphatic carbocycles. The van der Waals surface area contributed by atoms with Gasteiger partial charge in [0.1, 0.15) is 5.82 Å². The first-order valence-corrected chi connectivity index (χ1v) is 6.31. The summed E-state index contributed by atoms with van der Waals surface area (Å²) in [5.41, 5.74) is 0.371. The van der Waals surface area contributed by atoms with Gasteiger partial charge >= 0.3 is 0 Å². The minimum Gasteiger partial charge on any atom is -0.381 e. The zero-order chi connectivity index (χ0) is 12.0. The van der Waals surface area contributed by atoms with E-state index in [0.717, 1.165) is 0 Å². The third kappa shape index (κ3) is 1.52. The molecule has 1 aromatic rings. The number of hydrogen-bond donors (Lipinski definition) is 1. The molecule has 0 unspecified atom stereocenters. The lowest BCUT2D eigenvalue weighted by Gasteiger charge is -2.31. The normalized spacial score (nSPS) is 21.4. The molecule has 2 aliphatic heterocycles. The van der Waals surface area contributed by atoms with E-state index in [9.17, 15) is 9.18 Å². The summed E-state index contributed by atoms with van der Waals surface area (Å²) in [5, 5.41) is 2.78. The minimum atomic E-state index is -0.724. The van der Waals surface area contributed by atoms with Crippen molar-refractivity contribution in [3.05, 3.63) is 28.0 Å². The van der Waals surface area contributed by atoms with Crippen LogP contribution < -0.4 is 5.32 Å². The van der Waals surface area contributed by atoms with Gasteiger partial charge in [0, 0.05) is 28.9 Å². The maximum absolute atomic E-state index is 14.1. The van der Waals surface area contributed by atoms with E-state index >= 15 is 0 Å². The van der Waals surface area contributed by atoms with Crippen molar-refractivity contribution in [2.24, 2.45) is 0 Å². The third-order valence-corrected chi connectivity index (χ3v) is 4.02. The Kier molecular flexibility index (Phi) is 2.48. The van der Waals surface area contributed by atoms with Gasteiger partial charge < -0.3 is 10.1 Å². The molecule has 1 spiro atoms. The number of amides is 1. The highest BCUT2D eigenvalue weighted by molar-refractivity contribution is 9.10.